The molecule has 3 rings (SSSR count). The average Bonchev–Trinajstić information content (AvgIpc) is 2.89. The van der Waals surface area contributed by atoms with Crippen molar-refractivity contribution in [1.29, 1.82) is 0 Å². The highest BCUT2D eigenvalue weighted by atomic mass is 15.3. The van der Waals surface area contributed by atoms with Crippen LogP contribution in [0.15, 0.2) is 12.4 Å². The van der Waals surface area contributed by atoms with Gasteiger partial charge in [0.25, 0.3) is 0 Å². The zero-order valence-electron chi connectivity index (χ0n) is 11.3. The first kappa shape index (κ1) is 12.2. The number of piperidine rings is 1. The lowest BCUT2D eigenvalue weighted by atomic mass is 9.95. The maximum absolute atomic E-state index is 4.59. The quantitative estimate of drug-likeness (QED) is 0.889. The fourth-order valence-corrected chi connectivity index (χ4v) is 3.41. The smallest absolute Gasteiger partial charge is 0.0522 e. The summed E-state index contributed by atoms with van der Waals surface area (Å²) < 4.78 is 2.23. The van der Waals surface area contributed by atoms with Crippen molar-refractivity contribution >= 4 is 0 Å². The van der Waals surface area contributed by atoms with Crippen LogP contribution >= 0.6 is 0 Å². The maximum atomic E-state index is 4.59. The molecule has 1 saturated carbocycles. The lowest BCUT2D eigenvalue weighted by Gasteiger charge is -2.23. The van der Waals surface area contributed by atoms with Gasteiger partial charge in [0.1, 0.15) is 0 Å². The molecule has 18 heavy (non-hydrogen) atoms. The number of hydrogen-bond donors (Lipinski definition) is 1. The van der Waals surface area contributed by atoms with E-state index in [1.807, 2.05) is 0 Å². The van der Waals surface area contributed by atoms with E-state index in [1.54, 1.807) is 0 Å². The highest BCUT2D eigenvalue weighted by Gasteiger charge is 2.18. The Morgan fingerprint density at radius 3 is 2.72 bits per heavy atom. The molecule has 3 heteroatoms. The van der Waals surface area contributed by atoms with E-state index >= 15 is 0 Å². The summed E-state index contributed by atoms with van der Waals surface area (Å²) in [5, 5.41) is 8.21. The molecule has 1 aromatic rings. The number of hydrogen-bond acceptors (Lipinski definition) is 2. The van der Waals surface area contributed by atoms with Crippen LogP contribution in [0.1, 0.15) is 63.0 Å². The Balaban J connectivity index is 1.58. The molecule has 2 heterocycles. The van der Waals surface area contributed by atoms with Gasteiger partial charge in [-0.1, -0.05) is 25.7 Å². The van der Waals surface area contributed by atoms with Crippen molar-refractivity contribution in [2.24, 2.45) is 0 Å². The highest BCUT2D eigenvalue weighted by molar-refractivity contribution is 5.07. The van der Waals surface area contributed by atoms with Crippen LogP contribution in [0.2, 0.25) is 0 Å². The molecular formula is C15H25N3. The van der Waals surface area contributed by atoms with Crippen LogP contribution in [0, 0.1) is 0 Å². The molecule has 0 bridgehead atoms. The van der Waals surface area contributed by atoms with E-state index in [4.69, 9.17) is 0 Å². The Morgan fingerprint density at radius 1 is 1.11 bits per heavy atom. The van der Waals surface area contributed by atoms with Gasteiger partial charge in [0.05, 0.1) is 12.2 Å². The molecule has 3 nitrogen and oxygen atoms in total. The van der Waals surface area contributed by atoms with E-state index < -0.39 is 0 Å². The first-order chi connectivity index (χ1) is 8.92. The number of nitrogens with one attached hydrogen (secondary N) is 1. The van der Waals surface area contributed by atoms with Crippen LogP contribution in [0.5, 0.6) is 0 Å². The van der Waals surface area contributed by atoms with Gasteiger partial charge in [-0.2, -0.15) is 5.10 Å². The molecule has 1 N–H and O–H groups in total. The van der Waals surface area contributed by atoms with Gasteiger partial charge < -0.3 is 5.32 Å². The fourth-order valence-electron chi connectivity index (χ4n) is 3.41. The summed E-state index contributed by atoms with van der Waals surface area (Å²) in [5.41, 5.74) is 1.42. The SMILES string of the molecule is c1nn(C2CCCCC2)cc1CC1CCCCN1. The molecule has 0 radical (unpaired) electrons. The molecule has 1 aromatic heterocycles. The highest BCUT2D eigenvalue weighted by Crippen LogP contribution is 2.27. The first-order valence-corrected chi connectivity index (χ1v) is 7.68. The van der Waals surface area contributed by atoms with E-state index in [0.717, 1.165) is 6.42 Å². The Labute approximate surface area is 110 Å². The zero-order chi connectivity index (χ0) is 12.2. The van der Waals surface area contributed by atoms with E-state index in [9.17, 15) is 0 Å². The molecule has 1 aliphatic heterocycles. The number of aromatic nitrogens is 2. The fraction of sp³-hybridized carbons (Fsp3) is 0.800. The van der Waals surface area contributed by atoms with E-state index in [1.165, 1.54) is 63.5 Å². The van der Waals surface area contributed by atoms with Gasteiger partial charge in [-0.25, -0.2) is 0 Å². The lowest BCUT2D eigenvalue weighted by molar-refractivity contribution is 0.329. The normalized spacial score (nSPS) is 26.3. The first-order valence-electron chi connectivity index (χ1n) is 7.68. The minimum Gasteiger partial charge on any atom is -0.314 e. The van der Waals surface area contributed by atoms with Crippen molar-refractivity contribution in [3.05, 3.63) is 18.0 Å². The summed E-state index contributed by atoms with van der Waals surface area (Å²) in [4.78, 5) is 0. The summed E-state index contributed by atoms with van der Waals surface area (Å²) in [5.74, 6) is 0. The van der Waals surface area contributed by atoms with Gasteiger partial charge in [-0.3, -0.25) is 4.68 Å². The molecule has 2 fully saturated rings. The van der Waals surface area contributed by atoms with Crippen LogP contribution in [0.25, 0.3) is 0 Å². The van der Waals surface area contributed by atoms with E-state index in [0.29, 0.717) is 12.1 Å². The third-order valence-electron chi connectivity index (χ3n) is 4.50. The zero-order valence-corrected chi connectivity index (χ0v) is 11.3. The summed E-state index contributed by atoms with van der Waals surface area (Å²) >= 11 is 0. The molecular weight excluding hydrogens is 222 g/mol. The van der Waals surface area contributed by atoms with Crippen molar-refractivity contribution in [2.75, 3.05) is 6.54 Å². The molecule has 1 unspecified atom stereocenters. The van der Waals surface area contributed by atoms with Crippen molar-refractivity contribution in [3.8, 4) is 0 Å². The second-order valence-electron chi connectivity index (χ2n) is 5.97. The van der Waals surface area contributed by atoms with Crippen molar-refractivity contribution in [3.63, 3.8) is 0 Å². The largest absolute Gasteiger partial charge is 0.314 e. The Hall–Kier alpha value is -0.830. The molecule has 2 aliphatic rings. The number of nitrogens with zero attached hydrogens (tertiary/aromatic N) is 2. The van der Waals surface area contributed by atoms with Gasteiger partial charge in [0, 0.05) is 12.2 Å². The van der Waals surface area contributed by atoms with Crippen LogP contribution in [0.3, 0.4) is 0 Å². The van der Waals surface area contributed by atoms with Crippen molar-refractivity contribution in [1.82, 2.24) is 15.1 Å². The van der Waals surface area contributed by atoms with Gasteiger partial charge in [0.2, 0.25) is 0 Å². The van der Waals surface area contributed by atoms with Crippen LogP contribution in [0.4, 0.5) is 0 Å². The topological polar surface area (TPSA) is 29.9 Å². The van der Waals surface area contributed by atoms with Crippen molar-refractivity contribution in [2.45, 2.75) is 69.9 Å². The molecule has 100 valence electrons. The molecule has 1 aliphatic carbocycles. The molecule has 1 saturated heterocycles. The summed E-state index contributed by atoms with van der Waals surface area (Å²) in [6.07, 6.45) is 16.4. The Kier molecular flexibility index (Phi) is 3.99. The monoisotopic (exact) mass is 247 g/mol. The second-order valence-corrected chi connectivity index (χ2v) is 5.97. The molecule has 0 aromatic carbocycles. The number of rotatable bonds is 3. The summed E-state index contributed by atoms with van der Waals surface area (Å²) in [6, 6.07) is 1.36. The third kappa shape index (κ3) is 2.94. The molecule has 1 atom stereocenters. The summed E-state index contributed by atoms with van der Waals surface area (Å²) in [7, 11) is 0. The Morgan fingerprint density at radius 2 is 1.94 bits per heavy atom. The minimum absolute atomic E-state index is 0.673. The van der Waals surface area contributed by atoms with Gasteiger partial charge in [0.15, 0.2) is 0 Å². The third-order valence-corrected chi connectivity index (χ3v) is 4.50. The van der Waals surface area contributed by atoms with Gasteiger partial charge >= 0.3 is 0 Å². The molecule has 0 spiro atoms. The lowest BCUT2D eigenvalue weighted by Crippen LogP contribution is -2.35. The van der Waals surface area contributed by atoms with Crippen LogP contribution < -0.4 is 5.32 Å². The summed E-state index contributed by atoms with van der Waals surface area (Å²) in [6.45, 7) is 1.20. The van der Waals surface area contributed by atoms with E-state index in [-0.39, 0.29) is 0 Å². The molecule has 0 amide bonds. The predicted octanol–water partition coefficient (Wildman–Crippen LogP) is 3.07. The maximum Gasteiger partial charge on any atom is 0.0522 e. The van der Waals surface area contributed by atoms with E-state index in [2.05, 4.69) is 27.5 Å². The van der Waals surface area contributed by atoms with Gasteiger partial charge in [-0.15, -0.1) is 0 Å². The van der Waals surface area contributed by atoms with Crippen molar-refractivity contribution < 1.29 is 0 Å². The standard InChI is InChI=1S/C15H25N3/c1-2-7-15(8-3-1)18-12-13(11-17-18)10-14-6-4-5-9-16-14/h11-12,14-16H,1-10H2. The van der Waals surface area contributed by atoms with Crippen LogP contribution in [-0.4, -0.2) is 22.4 Å². The van der Waals surface area contributed by atoms with Gasteiger partial charge in [-0.05, 0) is 44.2 Å². The minimum atomic E-state index is 0.673. The van der Waals surface area contributed by atoms with Crippen LogP contribution in [-0.2, 0) is 6.42 Å². The average molecular weight is 247 g/mol. The Bertz CT molecular complexity index is 360. The second kappa shape index (κ2) is 5.87. The predicted molar refractivity (Wildman–Crippen MR) is 73.7 cm³/mol.